The second-order valence-electron chi connectivity index (χ2n) is 18.5. The number of rotatable bonds is 44. The van der Waals surface area contributed by atoms with Crippen LogP contribution in [-0.4, -0.2) is 242 Å². The van der Waals surface area contributed by atoms with Crippen LogP contribution in [0.25, 0.3) is 21.9 Å². The summed E-state index contributed by atoms with van der Waals surface area (Å²) in [6.07, 6.45) is 7.34. The number of nitrogens with two attached hydrogens (primary N) is 1. The van der Waals surface area contributed by atoms with E-state index in [0.717, 1.165) is 98.5 Å². The molecule has 412 valence electrons. The van der Waals surface area contributed by atoms with Gasteiger partial charge in [0.15, 0.2) is 5.82 Å². The highest BCUT2D eigenvalue weighted by Crippen LogP contribution is 2.32. The number of ether oxygens (including phenoxy) is 10. The average Bonchev–Trinajstić information content (AvgIpc) is 3.93. The minimum Gasteiger partial charge on any atom is -0.396 e. The third kappa shape index (κ3) is 22.1. The zero-order valence-electron chi connectivity index (χ0n) is 43.7. The first-order chi connectivity index (χ1) is 35.7. The van der Waals surface area contributed by atoms with Gasteiger partial charge in [0.25, 0.3) is 11.8 Å². The van der Waals surface area contributed by atoms with E-state index >= 15 is 0 Å². The Kier molecular flexibility index (Phi) is 29.2. The Morgan fingerprint density at radius 2 is 1.01 bits per heavy atom. The summed E-state index contributed by atoms with van der Waals surface area (Å²) in [6.45, 7) is 20.1. The van der Waals surface area contributed by atoms with Crippen molar-refractivity contribution in [3.05, 3.63) is 41.7 Å². The predicted octanol–water partition coefficient (Wildman–Crippen LogP) is 2.14. The van der Waals surface area contributed by atoms with Crippen LogP contribution in [-0.2, 0) is 76.3 Å². The second-order valence-corrected chi connectivity index (χ2v) is 18.5. The Balaban J connectivity index is 0.750. The maximum absolute atomic E-state index is 11.5. The Labute approximate surface area is 431 Å². The first-order valence-electron chi connectivity index (χ1n) is 26.3. The van der Waals surface area contributed by atoms with Gasteiger partial charge in [-0.25, -0.2) is 9.97 Å². The molecule has 4 N–H and O–H groups in total. The molecule has 2 aromatic heterocycles. The summed E-state index contributed by atoms with van der Waals surface area (Å²) in [5.41, 5.74) is 9.52. The average molecular weight is 1030 g/mol. The number of imidazole rings is 1. The molecule has 0 aliphatic carbocycles. The fourth-order valence-electron chi connectivity index (χ4n) is 8.21. The highest BCUT2D eigenvalue weighted by molar-refractivity contribution is 6.12. The number of aliphatic hydroxyl groups is 2. The number of aryl methyl sites for hydroxylation is 2. The van der Waals surface area contributed by atoms with Gasteiger partial charge in [-0.3, -0.25) is 19.4 Å². The SMILES string of the molecule is CCCCc1nc2c(N)nc3cc(CCCN4CCN(CCOCCOCCOCCOCCOCCOCCOCCOCCOCCOCCN5C(=O)C=CC5=O)CC4)ccc3c2n1CC(C)(CO)CO. The van der Waals surface area contributed by atoms with Crippen molar-refractivity contribution < 1.29 is 67.2 Å². The van der Waals surface area contributed by atoms with Crippen LogP contribution in [0.4, 0.5) is 5.82 Å². The highest BCUT2D eigenvalue weighted by Gasteiger charge is 2.28. The number of pyridine rings is 1. The molecule has 0 unspecified atom stereocenters. The van der Waals surface area contributed by atoms with Gasteiger partial charge in [0.2, 0.25) is 0 Å². The van der Waals surface area contributed by atoms with Crippen LogP contribution in [0.5, 0.6) is 0 Å². The Hall–Kier alpha value is -3.78. The standard InChI is InChI=1S/C52H85N7O14/c1-3-4-7-46-55-49-50(59(46)40-52(2,41-60)42-61)44-9-8-43(39-45(44)54-51(49)53)6-5-12-56-13-15-57(16-14-56)17-19-64-21-23-66-25-27-68-29-31-70-33-35-72-37-38-73-36-34-71-32-30-69-28-26-67-24-22-65-20-18-58-47(62)10-11-48(58)63/h8-11,39,60-61H,3-7,12-38,40-42H2,1-2H3,(H2,53,54). The first-order valence-corrected chi connectivity index (χ1v) is 26.3. The van der Waals surface area contributed by atoms with Gasteiger partial charge in [-0.2, -0.15) is 0 Å². The lowest BCUT2D eigenvalue weighted by Gasteiger charge is -2.34. The maximum atomic E-state index is 11.5. The molecule has 1 saturated heterocycles. The quantitative estimate of drug-likeness (QED) is 0.0544. The van der Waals surface area contributed by atoms with Crippen molar-refractivity contribution in [2.75, 3.05) is 197 Å². The number of carbonyl (C=O) groups excluding carboxylic acids is 2. The molecular weight excluding hydrogens is 947 g/mol. The van der Waals surface area contributed by atoms with Crippen LogP contribution in [0, 0.1) is 5.41 Å². The number of unbranched alkanes of at least 4 members (excludes halogenated alkanes) is 1. The largest absolute Gasteiger partial charge is 0.396 e. The molecule has 0 atom stereocenters. The molecular formula is C52H85N7O14. The third-order valence-electron chi connectivity index (χ3n) is 12.6. The third-order valence-corrected chi connectivity index (χ3v) is 12.6. The Bertz CT molecular complexity index is 2010. The summed E-state index contributed by atoms with van der Waals surface area (Å²) < 4.78 is 57.6. The number of anilines is 1. The van der Waals surface area contributed by atoms with Gasteiger partial charge in [-0.15, -0.1) is 0 Å². The van der Waals surface area contributed by atoms with Crippen LogP contribution in [0.2, 0.25) is 0 Å². The van der Waals surface area contributed by atoms with E-state index in [1.165, 1.54) is 17.7 Å². The van der Waals surface area contributed by atoms with Crippen molar-refractivity contribution >= 4 is 39.6 Å². The number of hydrogen-bond acceptors (Lipinski definition) is 19. The summed E-state index contributed by atoms with van der Waals surface area (Å²) >= 11 is 0. The number of benzene rings is 1. The van der Waals surface area contributed by atoms with E-state index in [1.807, 2.05) is 6.92 Å². The van der Waals surface area contributed by atoms with Gasteiger partial charge in [-0.1, -0.05) is 32.4 Å². The molecule has 73 heavy (non-hydrogen) atoms. The van der Waals surface area contributed by atoms with E-state index in [-0.39, 0.29) is 38.2 Å². The number of amides is 2. The van der Waals surface area contributed by atoms with E-state index in [4.69, 9.17) is 63.1 Å². The van der Waals surface area contributed by atoms with Crippen LogP contribution in [0.3, 0.4) is 0 Å². The van der Waals surface area contributed by atoms with Crippen LogP contribution in [0.1, 0.15) is 44.5 Å². The van der Waals surface area contributed by atoms with Crippen LogP contribution < -0.4 is 5.73 Å². The van der Waals surface area contributed by atoms with Crippen molar-refractivity contribution in [3.8, 4) is 0 Å². The van der Waals surface area contributed by atoms with Crippen molar-refractivity contribution in [1.82, 2.24) is 29.2 Å². The molecule has 0 bridgehead atoms. The maximum Gasteiger partial charge on any atom is 0.253 e. The monoisotopic (exact) mass is 1030 g/mol. The number of nitrogens with zero attached hydrogens (tertiary/aromatic N) is 6. The van der Waals surface area contributed by atoms with Crippen molar-refractivity contribution in [2.24, 2.45) is 5.41 Å². The molecule has 0 saturated carbocycles. The molecule has 4 heterocycles. The molecule has 2 aliphatic heterocycles. The number of fused-ring (bicyclic) bond motifs is 3. The molecule has 1 fully saturated rings. The van der Waals surface area contributed by atoms with Crippen LogP contribution in [0.15, 0.2) is 30.4 Å². The van der Waals surface area contributed by atoms with E-state index in [0.29, 0.717) is 143 Å². The Morgan fingerprint density at radius 3 is 1.47 bits per heavy atom. The molecule has 3 aromatic rings. The van der Waals surface area contributed by atoms with Crippen LogP contribution >= 0.6 is 0 Å². The lowest BCUT2D eigenvalue weighted by atomic mass is 9.92. The van der Waals surface area contributed by atoms with Crippen molar-refractivity contribution in [2.45, 2.75) is 52.5 Å². The minimum absolute atomic E-state index is 0.132. The predicted molar refractivity (Wildman–Crippen MR) is 276 cm³/mol. The molecule has 2 amide bonds. The van der Waals surface area contributed by atoms with Gasteiger partial charge in [0.05, 0.1) is 163 Å². The number of carbonyl (C=O) groups is 2. The number of hydrogen-bond donors (Lipinski definition) is 3. The van der Waals surface area contributed by atoms with Crippen molar-refractivity contribution in [3.63, 3.8) is 0 Å². The van der Waals surface area contributed by atoms with Gasteiger partial charge >= 0.3 is 0 Å². The molecule has 0 radical (unpaired) electrons. The number of aliphatic hydroxyl groups excluding tert-OH is 2. The van der Waals surface area contributed by atoms with E-state index in [1.54, 1.807) is 0 Å². The summed E-state index contributed by atoms with van der Waals surface area (Å²) in [7, 11) is 0. The topological polar surface area (TPSA) is 233 Å². The number of aromatic nitrogens is 3. The fourth-order valence-corrected chi connectivity index (χ4v) is 8.21. The smallest absolute Gasteiger partial charge is 0.253 e. The minimum atomic E-state index is -0.690. The number of piperazine rings is 1. The second kappa shape index (κ2) is 35.5. The lowest BCUT2D eigenvalue weighted by Crippen LogP contribution is -2.47. The van der Waals surface area contributed by atoms with E-state index in [2.05, 4.69) is 39.5 Å². The van der Waals surface area contributed by atoms with Crippen molar-refractivity contribution in [1.29, 1.82) is 0 Å². The summed E-state index contributed by atoms with van der Waals surface area (Å²) in [4.78, 5) is 38.8. The molecule has 2 aliphatic rings. The summed E-state index contributed by atoms with van der Waals surface area (Å²) in [5.74, 6) is 0.705. The Morgan fingerprint density at radius 1 is 0.575 bits per heavy atom. The molecule has 21 nitrogen and oxygen atoms in total. The van der Waals surface area contributed by atoms with Gasteiger partial charge in [0.1, 0.15) is 11.3 Å². The molecule has 5 rings (SSSR count). The zero-order valence-corrected chi connectivity index (χ0v) is 43.7. The highest BCUT2D eigenvalue weighted by atomic mass is 16.6. The first kappa shape index (κ1) is 60.1. The fraction of sp³-hybridized carbons (Fsp3) is 0.731. The normalized spacial score (nSPS) is 14.9. The summed E-state index contributed by atoms with van der Waals surface area (Å²) in [5, 5.41) is 21.2. The van der Waals surface area contributed by atoms with E-state index in [9.17, 15) is 19.8 Å². The number of nitrogen functional groups attached to an aromatic ring is 1. The summed E-state index contributed by atoms with van der Waals surface area (Å²) in [6, 6.07) is 6.47. The zero-order chi connectivity index (χ0) is 51.8. The van der Waals surface area contributed by atoms with Gasteiger partial charge < -0.3 is 72.8 Å². The molecule has 1 aromatic carbocycles. The van der Waals surface area contributed by atoms with Gasteiger partial charge in [-0.05, 0) is 37.4 Å². The van der Waals surface area contributed by atoms with E-state index < -0.39 is 5.41 Å². The molecule has 21 heteroatoms. The lowest BCUT2D eigenvalue weighted by molar-refractivity contribution is -0.137. The molecule has 0 spiro atoms. The number of imide groups is 1. The van der Waals surface area contributed by atoms with Gasteiger partial charge in [0, 0.05) is 68.6 Å².